The zero-order valence-corrected chi connectivity index (χ0v) is 12.8. The van der Waals surface area contributed by atoms with E-state index in [-0.39, 0.29) is 11.9 Å². The van der Waals surface area contributed by atoms with Crippen molar-refractivity contribution >= 4 is 16.9 Å². The molecule has 0 amide bonds. The van der Waals surface area contributed by atoms with Gasteiger partial charge in [-0.25, -0.2) is 4.79 Å². The van der Waals surface area contributed by atoms with Gasteiger partial charge < -0.3 is 13.9 Å². The molecule has 0 fully saturated rings. The van der Waals surface area contributed by atoms with E-state index in [1.165, 1.54) is 6.07 Å². The summed E-state index contributed by atoms with van der Waals surface area (Å²) in [7, 11) is 0. The summed E-state index contributed by atoms with van der Waals surface area (Å²) in [6.07, 6.45) is 1.33. The smallest absolute Gasteiger partial charge is 0.339 e. The summed E-state index contributed by atoms with van der Waals surface area (Å²) >= 11 is 0. The zero-order chi connectivity index (χ0) is 15.9. The molecule has 0 aliphatic rings. The molecular formula is C17H20O5. The molecule has 1 aromatic carbocycles. The van der Waals surface area contributed by atoms with E-state index in [2.05, 4.69) is 0 Å². The highest BCUT2D eigenvalue weighted by Crippen LogP contribution is 2.23. The molecule has 0 bridgehead atoms. The van der Waals surface area contributed by atoms with Gasteiger partial charge in [-0.2, -0.15) is 0 Å². The van der Waals surface area contributed by atoms with E-state index >= 15 is 0 Å². The molecule has 0 N–H and O–H groups in total. The number of carbonyl (C=O) groups is 1. The van der Waals surface area contributed by atoms with E-state index in [1.54, 1.807) is 12.1 Å². The van der Waals surface area contributed by atoms with Crippen molar-refractivity contribution in [3.05, 3.63) is 40.8 Å². The quantitative estimate of drug-likeness (QED) is 0.446. The van der Waals surface area contributed by atoms with E-state index in [1.807, 2.05) is 26.0 Å². The predicted octanol–water partition coefficient (Wildman–Crippen LogP) is 3.15. The van der Waals surface area contributed by atoms with Gasteiger partial charge in [0.1, 0.15) is 11.3 Å². The van der Waals surface area contributed by atoms with Gasteiger partial charge in [-0.1, -0.05) is 26.0 Å². The lowest BCUT2D eigenvalue weighted by Gasteiger charge is -2.10. The number of fused-ring (bicyclic) bond motifs is 1. The highest BCUT2D eigenvalue weighted by molar-refractivity contribution is 5.82. The van der Waals surface area contributed by atoms with Crippen LogP contribution < -0.4 is 10.4 Å². The molecule has 1 heterocycles. The normalized spacial score (nSPS) is 12.1. The summed E-state index contributed by atoms with van der Waals surface area (Å²) in [6.45, 7) is 4.46. The maximum absolute atomic E-state index is 11.5. The average molecular weight is 304 g/mol. The first-order valence-electron chi connectivity index (χ1n) is 7.44. The number of esters is 1. The fourth-order valence-electron chi connectivity index (χ4n) is 1.92. The van der Waals surface area contributed by atoms with E-state index in [0.29, 0.717) is 31.0 Å². The highest BCUT2D eigenvalue weighted by atomic mass is 16.5. The van der Waals surface area contributed by atoms with Crippen LogP contribution in [0.15, 0.2) is 39.5 Å². The fraction of sp³-hybridized carbons (Fsp3) is 0.412. The van der Waals surface area contributed by atoms with E-state index in [9.17, 15) is 9.59 Å². The van der Waals surface area contributed by atoms with Crippen molar-refractivity contribution in [1.29, 1.82) is 0 Å². The Morgan fingerprint density at radius 2 is 2.05 bits per heavy atom. The number of carbonyl (C=O) groups excluding carboxylic acids is 1. The standard InChI is InChI=1S/C17H20O5/c1-3-12(2)17(19)21-10-6-9-20-15-11-16(18)22-14-8-5-4-7-13(14)15/h4-5,7-8,11-12H,3,6,9-10H2,1-2H3. The first-order chi connectivity index (χ1) is 10.6. The highest BCUT2D eigenvalue weighted by Gasteiger charge is 2.11. The first kappa shape index (κ1) is 16.1. The molecule has 2 rings (SSSR count). The largest absolute Gasteiger partial charge is 0.492 e. The number of para-hydroxylation sites is 1. The predicted molar refractivity (Wildman–Crippen MR) is 83.0 cm³/mol. The van der Waals surface area contributed by atoms with Crippen LogP contribution in [-0.2, 0) is 9.53 Å². The van der Waals surface area contributed by atoms with Gasteiger partial charge >= 0.3 is 11.6 Å². The summed E-state index contributed by atoms with van der Waals surface area (Å²) in [5.74, 6) is 0.219. The van der Waals surface area contributed by atoms with Crippen LogP contribution in [0.5, 0.6) is 5.75 Å². The average Bonchev–Trinajstić information content (AvgIpc) is 2.53. The Morgan fingerprint density at radius 1 is 1.27 bits per heavy atom. The monoisotopic (exact) mass is 304 g/mol. The van der Waals surface area contributed by atoms with Crippen LogP contribution in [0.1, 0.15) is 26.7 Å². The fourth-order valence-corrected chi connectivity index (χ4v) is 1.92. The first-order valence-corrected chi connectivity index (χ1v) is 7.44. The van der Waals surface area contributed by atoms with Crippen LogP contribution >= 0.6 is 0 Å². The van der Waals surface area contributed by atoms with Crippen LogP contribution in [0.4, 0.5) is 0 Å². The third-order valence-corrected chi connectivity index (χ3v) is 3.42. The summed E-state index contributed by atoms with van der Waals surface area (Å²) in [6, 6.07) is 8.52. The Balaban J connectivity index is 1.88. The molecule has 5 heteroatoms. The van der Waals surface area contributed by atoms with Crippen LogP contribution in [0.3, 0.4) is 0 Å². The van der Waals surface area contributed by atoms with Crippen molar-refractivity contribution in [2.75, 3.05) is 13.2 Å². The molecular weight excluding hydrogens is 284 g/mol. The van der Waals surface area contributed by atoms with Crippen LogP contribution in [0.2, 0.25) is 0 Å². The van der Waals surface area contributed by atoms with Crippen molar-refractivity contribution in [3.63, 3.8) is 0 Å². The van der Waals surface area contributed by atoms with E-state index in [0.717, 1.165) is 11.8 Å². The minimum atomic E-state index is -0.447. The Kier molecular flexibility index (Phi) is 5.58. The summed E-state index contributed by atoms with van der Waals surface area (Å²) in [5.41, 5.74) is 0.0464. The van der Waals surface area contributed by atoms with Gasteiger partial charge in [0.25, 0.3) is 0 Å². The van der Waals surface area contributed by atoms with E-state index in [4.69, 9.17) is 13.9 Å². The molecule has 0 saturated carbocycles. The second-order valence-corrected chi connectivity index (χ2v) is 5.10. The third kappa shape index (κ3) is 4.10. The molecule has 0 aliphatic carbocycles. The van der Waals surface area contributed by atoms with Crippen molar-refractivity contribution in [2.45, 2.75) is 26.7 Å². The lowest BCUT2D eigenvalue weighted by Crippen LogP contribution is -2.15. The van der Waals surface area contributed by atoms with Gasteiger partial charge in [0.05, 0.1) is 30.6 Å². The second-order valence-electron chi connectivity index (χ2n) is 5.10. The molecule has 118 valence electrons. The molecule has 1 atom stereocenters. The van der Waals surface area contributed by atoms with Crippen LogP contribution in [0.25, 0.3) is 11.0 Å². The van der Waals surface area contributed by atoms with Gasteiger partial charge in [0.15, 0.2) is 0 Å². The van der Waals surface area contributed by atoms with Crippen LogP contribution in [0, 0.1) is 5.92 Å². The Labute approximate surface area is 128 Å². The van der Waals surface area contributed by atoms with Crippen molar-refractivity contribution in [3.8, 4) is 5.75 Å². The number of ether oxygens (including phenoxy) is 2. The van der Waals surface area contributed by atoms with Crippen molar-refractivity contribution in [1.82, 2.24) is 0 Å². The zero-order valence-electron chi connectivity index (χ0n) is 12.8. The van der Waals surface area contributed by atoms with E-state index < -0.39 is 5.63 Å². The van der Waals surface area contributed by atoms with Gasteiger partial charge in [0.2, 0.25) is 0 Å². The lowest BCUT2D eigenvalue weighted by molar-refractivity contribution is -0.148. The Morgan fingerprint density at radius 3 is 2.82 bits per heavy atom. The molecule has 0 aliphatic heterocycles. The van der Waals surface area contributed by atoms with Gasteiger partial charge in [-0.15, -0.1) is 0 Å². The van der Waals surface area contributed by atoms with Crippen molar-refractivity contribution in [2.24, 2.45) is 5.92 Å². The molecule has 5 nitrogen and oxygen atoms in total. The van der Waals surface area contributed by atoms with Gasteiger partial charge in [-0.05, 0) is 18.6 Å². The van der Waals surface area contributed by atoms with Gasteiger partial charge in [-0.3, -0.25) is 4.79 Å². The molecule has 2 aromatic rings. The molecule has 1 aromatic heterocycles. The minimum Gasteiger partial charge on any atom is -0.492 e. The molecule has 1 unspecified atom stereocenters. The SMILES string of the molecule is CCC(C)C(=O)OCCCOc1cc(=O)oc2ccccc12. The summed E-state index contributed by atoms with van der Waals surface area (Å²) in [4.78, 5) is 23.0. The lowest BCUT2D eigenvalue weighted by atomic mass is 10.1. The van der Waals surface area contributed by atoms with Crippen molar-refractivity contribution < 1.29 is 18.7 Å². The summed E-state index contributed by atoms with van der Waals surface area (Å²) in [5, 5.41) is 0.749. The maximum atomic E-state index is 11.5. The number of rotatable bonds is 7. The number of benzene rings is 1. The minimum absolute atomic E-state index is 0.0800. The summed E-state index contributed by atoms with van der Waals surface area (Å²) < 4.78 is 15.9. The third-order valence-electron chi connectivity index (χ3n) is 3.42. The second kappa shape index (κ2) is 7.64. The molecule has 0 radical (unpaired) electrons. The number of hydrogen-bond acceptors (Lipinski definition) is 5. The maximum Gasteiger partial charge on any atom is 0.339 e. The van der Waals surface area contributed by atoms with Gasteiger partial charge in [0, 0.05) is 6.42 Å². The molecule has 0 spiro atoms. The van der Waals surface area contributed by atoms with Crippen LogP contribution in [-0.4, -0.2) is 19.2 Å². The molecule has 22 heavy (non-hydrogen) atoms. The topological polar surface area (TPSA) is 65.7 Å². The Hall–Kier alpha value is -2.30. The molecule has 0 saturated heterocycles. The Bertz CT molecular complexity index is 689. The number of hydrogen-bond donors (Lipinski definition) is 0.